The zero-order valence-corrected chi connectivity index (χ0v) is 14.7. The Bertz CT molecular complexity index is 811. The Morgan fingerprint density at radius 3 is 2.75 bits per heavy atom. The summed E-state index contributed by atoms with van der Waals surface area (Å²) in [5.41, 5.74) is 1.27. The van der Waals surface area contributed by atoms with E-state index in [-0.39, 0.29) is 18.6 Å². The summed E-state index contributed by atoms with van der Waals surface area (Å²) in [6.45, 7) is 0.818. The van der Waals surface area contributed by atoms with Crippen LogP contribution >= 0.6 is 22.7 Å². The highest BCUT2D eigenvalue weighted by Crippen LogP contribution is 2.39. The summed E-state index contributed by atoms with van der Waals surface area (Å²) in [5.74, 6) is 0.765. The normalized spacial score (nSPS) is 16.7. The van der Waals surface area contributed by atoms with Crippen LogP contribution in [0.4, 0.5) is 0 Å². The first-order valence-corrected chi connectivity index (χ1v) is 9.66. The van der Waals surface area contributed by atoms with E-state index in [9.17, 15) is 4.79 Å². The Hall–Kier alpha value is -2.11. The van der Waals surface area contributed by atoms with Crippen LogP contribution < -0.4 is 4.74 Å². The number of amides is 1. The Morgan fingerprint density at radius 2 is 1.96 bits per heavy atom. The molecule has 3 heterocycles. The topological polar surface area (TPSA) is 29.5 Å². The standard InChI is InChI=1S/C19H17NO2S2/c21-18(13-22-14-5-2-1-3-6-14)20-10-8-16-15(9-12-24-16)19(20)17-7-4-11-23-17/h1-7,9,11-12,19H,8,10,13H2. The van der Waals surface area contributed by atoms with Gasteiger partial charge < -0.3 is 9.64 Å². The van der Waals surface area contributed by atoms with Gasteiger partial charge in [0.05, 0.1) is 6.04 Å². The molecule has 3 aromatic rings. The molecule has 1 atom stereocenters. The fourth-order valence-corrected chi connectivity index (χ4v) is 4.84. The minimum absolute atomic E-state index is 0.0203. The van der Waals surface area contributed by atoms with Crippen LogP contribution in [0.15, 0.2) is 59.3 Å². The van der Waals surface area contributed by atoms with Gasteiger partial charge in [-0.05, 0) is 47.0 Å². The lowest BCUT2D eigenvalue weighted by atomic mass is 9.98. The zero-order chi connectivity index (χ0) is 16.4. The van der Waals surface area contributed by atoms with Gasteiger partial charge >= 0.3 is 0 Å². The van der Waals surface area contributed by atoms with Crippen LogP contribution in [0.1, 0.15) is 21.4 Å². The van der Waals surface area contributed by atoms with Gasteiger partial charge in [-0.15, -0.1) is 22.7 Å². The SMILES string of the molecule is O=C(COc1ccccc1)N1CCc2sccc2C1c1cccs1. The van der Waals surface area contributed by atoms with Crippen molar-refractivity contribution in [3.63, 3.8) is 0 Å². The number of carbonyl (C=O) groups excluding carboxylic acids is 1. The van der Waals surface area contributed by atoms with Crippen molar-refractivity contribution < 1.29 is 9.53 Å². The highest BCUT2D eigenvalue weighted by atomic mass is 32.1. The molecule has 0 fully saturated rings. The van der Waals surface area contributed by atoms with E-state index in [0.717, 1.165) is 18.7 Å². The van der Waals surface area contributed by atoms with E-state index in [1.807, 2.05) is 41.3 Å². The third kappa shape index (κ3) is 2.97. The number of fused-ring (bicyclic) bond motifs is 1. The number of para-hydroxylation sites is 1. The van der Waals surface area contributed by atoms with Crippen molar-refractivity contribution in [3.05, 3.63) is 74.6 Å². The molecular weight excluding hydrogens is 338 g/mol. The molecule has 1 amide bonds. The van der Waals surface area contributed by atoms with Gasteiger partial charge in [-0.2, -0.15) is 0 Å². The van der Waals surface area contributed by atoms with E-state index in [2.05, 4.69) is 22.9 Å². The van der Waals surface area contributed by atoms with E-state index in [0.29, 0.717) is 0 Å². The molecule has 1 aromatic carbocycles. The molecule has 3 nitrogen and oxygen atoms in total. The molecule has 1 aliphatic heterocycles. The molecule has 0 bridgehead atoms. The maximum atomic E-state index is 12.8. The number of benzene rings is 1. The average Bonchev–Trinajstić information content (AvgIpc) is 3.31. The fraction of sp³-hybridized carbons (Fsp3) is 0.211. The molecule has 1 aliphatic rings. The molecular formula is C19H17NO2S2. The third-order valence-corrected chi connectivity index (χ3v) is 6.13. The summed E-state index contributed by atoms with van der Waals surface area (Å²) < 4.78 is 5.67. The predicted octanol–water partition coefficient (Wildman–Crippen LogP) is 4.36. The highest BCUT2D eigenvalue weighted by molar-refractivity contribution is 7.10. The molecule has 0 N–H and O–H groups in total. The van der Waals surface area contributed by atoms with Crippen LogP contribution in [-0.4, -0.2) is 24.0 Å². The molecule has 0 saturated carbocycles. The Morgan fingerprint density at radius 1 is 1.08 bits per heavy atom. The van der Waals surface area contributed by atoms with Crippen LogP contribution in [0.5, 0.6) is 5.75 Å². The number of ether oxygens (including phenoxy) is 1. The van der Waals surface area contributed by atoms with Gasteiger partial charge in [-0.3, -0.25) is 4.79 Å². The predicted molar refractivity (Wildman–Crippen MR) is 97.8 cm³/mol. The Labute approximate surface area is 149 Å². The molecule has 4 rings (SSSR count). The van der Waals surface area contributed by atoms with Crippen molar-refractivity contribution >= 4 is 28.6 Å². The third-order valence-electron chi connectivity index (χ3n) is 4.20. The maximum Gasteiger partial charge on any atom is 0.261 e. The smallest absolute Gasteiger partial charge is 0.261 e. The van der Waals surface area contributed by atoms with Crippen LogP contribution in [0.3, 0.4) is 0 Å². The molecule has 24 heavy (non-hydrogen) atoms. The van der Waals surface area contributed by atoms with Gasteiger partial charge in [0.1, 0.15) is 5.75 Å². The van der Waals surface area contributed by atoms with Crippen molar-refractivity contribution in [3.8, 4) is 5.75 Å². The minimum atomic E-state index is 0.0203. The molecule has 0 spiro atoms. The van der Waals surface area contributed by atoms with Gasteiger partial charge in [-0.25, -0.2) is 0 Å². The number of hydrogen-bond donors (Lipinski definition) is 0. The zero-order valence-electron chi connectivity index (χ0n) is 13.1. The number of rotatable bonds is 4. The first-order valence-electron chi connectivity index (χ1n) is 7.90. The second-order valence-corrected chi connectivity index (χ2v) is 7.64. The fourth-order valence-electron chi connectivity index (χ4n) is 3.08. The summed E-state index contributed by atoms with van der Waals surface area (Å²) in [6, 6.07) is 15.8. The molecule has 1 unspecified atom stereocenters. The monoisotopic (exact) mass is 355 g/mol. The molecule has 0 radical (unpaired) electrons. The lowest BCUT2D eigenvalue weighted by Crippen LogP contribution is -2.42. The number of nitrogens with zero attached hydrogens (tertiary/aromatic N) is 1. The van der Waals surface area contributed by atoms with Gasteiger partial charge in [0.15, 0.2) is 6.61 Å². The van der Waals surface area contributed by atoms with E-state index >= 15 is 0 Å². The molecule has 0 aliphatic carbocycles. The molecule has 122 valence electrons. The molecule has 5 heteroatoms. The van der Waals surface area contributed by atoms with Crippen LogP contribution in [0.25, 0.3) is 0 Å². The van der Waals surface area contributed by atoms with Gasteiger partial charge in [0, 0.05) is 16.3 Å². The van der Waals surface area contributed by atoms with E-state index in [1.165, 1.54) is 15.3 Å². The lowest BCUT2D eigenvalue weighted by Gasteiger charge is -2.35. The Balaban J connectivity index is 1.56. The minimum Gasteiger partial charge on any atom is -0.484 e. The average molecular weight is 355 g/mol. The van der Waals surface area contributed by atoms with Crippen molar-refractivity contribution in [2.24, 2.45) is 0 Å². The first-order chi connectivity index (χ1) is 11.8. The molecule has 2 aromatic heterocycles. The second kappa shape index (κ2) is 6.79. The van der Waals surface area contributed by atoms with E-state index in [4.69, 9.17) is 4.74 Å². The van der Waals surface area contributed by atoms with Crippen molar-refractivity contribution in [1.82, 2.24) is 4.90 Å². The highest BCUT2D eigenvalue weighted by Gasteiger charge is 2.33. The largest absolute Gasteiger partial charge is 0.484 e. The van der Waals surface area contributed by atoms with Gasteiger partial charge in [0.2, 0.25) is 0 Å². The summed E-state index contributed by atoms with van der Waals surface area (Å²) in [5, 5.41) is 4.19. The first kappa shape index (κ1) is 15.4. The van der Waals surface area contributed by atoms with Crippen LogP contribution in [0.2, 0.25) is 0 Å². The summed E-state index contributed by atoms with van der Waals surface area (Å²) in [7, 11) is 0. The molecule has 0 saturated heterocycles. The lowest BCUT2D eigenvalue weighted by molar-refractivity contribution is -0.135. The summed E-state index contributed by atoms with van der Waals surface area (Å²) in [6.07, 6.45) is 0.923. The van der Waals surface area contributed by atoms with Crippen molar-refractivity contribution in [2.45, 2.75) is 12.5 Å². The Kier molecular flexibility index (Phi) is 4.36. The summed E-state index contributed by atoms with van der Waals surface area (Å²) in [4.78, 5) is 17.4. The second-order valence-electron chi connectivity index (χ2n) is 5.66. The number of carbonyl (C=O) groups is 1. The van der Waals surface area contributed by atoms with Crippen LogP contribution in [-0.2, 0) is 11.2 Å². The van der Waals surface area contributed by atoms with Gasteiger partial charge in [-0.1, -0.05) is 24.3 Å². The van der Waals surface area contributed by atoms with Crippen LogP contribution in [0, 0.1) is 0 Å². The van der Waals surface area contributed by atoms with E-state index < -0.39 is 0 Å². The maximum absolute atomic E-state index is 12.8. The number of hydrogen-bond acceptors (Lipinski definition) is 4. The van der Waals surface area contributed by atoms with Crippen molar-refractivity contribution in [2.75, 3.05) is 13.2 Å². The van der Waals surface area contributed by atoms with Gasteiger partial charge in [0.25, 0.3) is 5.91 Å². The summed E-state index contributed by atoms with van der Waals surface area (Å²) >= 11 is 3.49. The number of thiophene rings is 2. The quantitative estimate of drug-likeness (QED) is 0.696. The van der Waals surface area contributed by atoms with Crippen molar-refractivity contribution in [1.29, 1.82) is 0 Å². The van der Waals surface area contributed by atoms with E-state index in [1.54, 1.807) is 22.7 Å².